The number of amides is 1. The van der Waals surface area contributed by atoms with Crippen molar-refractivity contribution in [2.45, 2.75) is 26.3 Å². The molecule has 2 aromatic rings. The molecule has 1 aliphatic rings. The summed E-state index contributed by atoms with van der Waals surface area (Å²) in [7, 11) is 1.74. The number of aryl methyl sites for hydroxylation is 2. The molecule has 0 spiro atoms. The summed E-state index contributed by atoms with van der Waals surface area (Å²) >= 11 is 1.67. The van der Waals surface area contributed by atoms with Gasteiger partial charge in [-0.2, -0.15) is 0 Å². The molecule has 1 amide bonds. The number of rotatable bonds is 6. The Bertz CT molecular complexity index is 803. The van der Waals surface area contributed by atoms with E-state index in [0.717, 1.165) is 34.4 Å². The van der Waals surface area contributed by atoms with Gasteiger partial charge in [0.25, 0.3) is 0 Å². The molecule has 1 aliphatic heterocycles. The van der Waals surface area contributed by atoms with Crippen molar-refractivity contribution in [2.75, 3.05) is 25.5 Å². The number of nitrogens with one attached hydrogen (secondary N) is 3. The number of fused-ring (bicyclic) bond motifs is 1. The van der Waals surface area contributed by atoms with E-state index in [1.807, 2.05) is 31.3 Å². The lowest BCUT2D eigenvalue weighted by molar-refractivity contribution is -0.116. The van der Waals surface area contributed by atoms with Gasteiger partial charge in [-0.25, -0.2) is 4.98 Å². The van der Waals surface area contributed by atoms with Crippen LogP contribution in [0.2, 0.25) is 0 Å². The quantitative estimate of drug-likeness (QED) is 0.410. The molecule has 1 aromatic carbocycles. The Morgan fingerprint density at radius 1 is 1.38 bits per heavy atom. The Balaban J connectivity index is 1.41. The van der Waals surface area contributed by atoms with Crippen LogP contribution in [0.15, 0.2) is 29.4 Å². The normalized spacial score (nSPS) is 13.8. The predicted molar refractivity (Wildman–Crippen MR) is 104 cm³/mol. The zero-order chi connectivity index (χ0) is 18.4. The SMILES string of the molecule is CN=C(NCCOc1ccc2c(c1)CCC(=O)N2)NCc1ncc(C)s1. The fraction of sp³-hybridized carbons (Fsp3) is 0.389. The van der Waals surface area contributed by atoms with Crippen LogP contribution in [0, 0.1) is 6.92 Å². The number of benzene rings is 1. The van der Waals surface area contributed by atoms with Crippen LogP contribution in [0.3, 0.4) is 0 Å². The lowest BCUT2D eigenvalue weighted by Crippen LogP contribution is -2.38. The van der Waals surface area contributed by atoms with Crippen molar-refractivity contribution in [2.24, 2.45) is 4.99 Å². The summed E-state index contributed by atoms with van der Waals surface area (Å²) in [6, 6.07) is 5.76. The van der Waals surface area contributed by atoms with Gasteiger partial charge in [-0.3, -0.25) is 9.79 Å². The smallest absolute Gasteiger partial charge is 0.224 e. The predicted octanol–water partition coefficient (Wildman–Crippen LogP) is 2.08. The first-order valence-electron chi connectivity index (χ1n) is 8.55. The van der Waals surface area contributed by atoms with Crippen LogP contribution < -0.4 is 20.7 Å². The molecule has 0 saturated heterocycles. The van der Waals surface area contributed by atoms with Gasteiger partial charge in [0, 0.05) is 30.2 Å². The maximum Gasteiger partial charge on any atom is 0.224 e. The molecular formula is C18H23N5O2S. The van der Waals surface area contributed by atoms with E-state index in [-0.39, 0.29) is 5.91 Å². The van der Waals surface area contributed by atoms with Crippen LogP contribution in [-0.2, 0) is 17.8 Å². The second kappa shape index (κ2) is 8.66. The minimum absolute atomic E-state index is 0.0714. The molecule has 3 N–H and O–H groups in total. The van der Waals surface area contributed by atoms with Gasteiger partial charge < -0.3 is 20.7 Å². The monoisotopic (exact) mass is 373 g/mol. The summed E-state index contributed by atoms with van der Waals surface area (Å²) in [5.74, 6) is 1.60. The van der Waals surface area contributed by atoms with E-state index in [1.165, 1.54) is 4.88 Å². The minimum Gasteiger partial charge on any atom is -0.492 e. The van der Waals surface area contributed by atoms with Crippen LogP contribution in [0.5, 0.6) is 5.75 Å². The van der Waals surface area contributed by atoms with Crippen molar-refractivity contribution in [1.29, 1.82) is 0 Å². The van der Waals surface area contributed by atoms with Crippen molar-refractivity contribution < 1.29 is 9.53 Å². The van der Waals surface area contributed by atoms with Gasteiger partial charge in [-0.05, 0) is 37.1 Å². The van der Waals surface area contributed by atoms with Gasteiger partial charge in [0.1, 0.15) is 17.4 Å². The largest absolute Gasteiger partial charge is 0.492 e. The number of hydrogen-bond acceptors (Lipinski definition) is 5. The molecular weight excluding hydrogens is 350 g/mol. The number of anilines is 1. The molecule has 0 saturated carbocycles. The first kappa shape index (κ1) is 18.2. The van der Waals surface area contributed by atoms with Gasteiger partial charge in [0.2, 0.25) is 5.91 Å². The molecule has 3 rings (SSSR count). The lowest BCUT2D eigenvalue weighted by atomic mass is 10.0. The topological polar surface area (TPSA) is 87.6 Å². The second-order valence-electron chi connectivity index (χ2n) is 5.93. The van der Waals surface area contributed by atoms with E-state index in [9.17, 15) is 4.79 Å². The molecule has 0 aliphatic carbocycles. The lowest BCUT2D eigenvalue weighted by Gasteiger charge is -2.18. The summed E-state index contributed by atoms with van der Waals surface area (Å²) < 4.78 is 5.79. The van der Waals surface area contributed by atoms with E-state index in [1.54, 1.807) is 18.4 Å². The van der Waals surface area contributed by atoms with E-state index < -0.39 is 0 Å². The maximum absolute atomic E-state index is 11.4. The number of carbonyl (C=O) groups excluding carboxylic acids is 1. The summed E-state index contributed by atoms with van der Waals surface area (Å²) in [5.41, 5.74) is 2.00. The summed E-state index contributed by atoms with van der Waals surface area (Å²) in [6.45, 7) is 3.84. The molecule has 2 heterocycles. The van der Waals surface area contributed by atoms with Crippen molar-refractivity contribution in [1.82, 2.24) is 15.6 Å². The third kappa shape index (κ3) is 4.95. The van der Waals surface area contributed by atoms with Gasteiger partial charge >= 0.3 is 0 Å². The number of nitrogens with zero attached hydrogens (tertiary/aromatic N) is 2. The fourth-order valence-electron chi connectivity index (χ4n) is 2.65. The van der Waals surface area contributed by atoms with E-state index in [0.29, 0.717) is 26.1 Å². The van der Waals surface area contributed by atoms with Crippen LogP contribution in [0.1, 0.15) is 21.9 Å². The Morgan fingerprint density at radius 2 is 2.27 bits per heavy atom. The molecule has 7 nitrogen and oxygen atoms in total. The Morgan fingerprint density at radius 3 is 3.04 bits per heavy atom. The highest BCUT2D eigenvalue weighted by Crippen LogP contribution is 2.26. The van der Waals surface area contributed by atoms with Crippen LogP contribution in [0.4, 0.5) is 5.69 Å². The minimum atomic E-state index is 0.0714. The summed E-state index contributed by atoms with van der Waals surface area (Å²) in [6.07, 6.45) is 3.15. The van der Waals surface area contributed by atoms with Crippen molar-refractivity contribution >= 4 is 28.9 Å². The number of carbonyl (C=O) groups is 1. The Hall–Kier alpha value is -2.61. The molecule has 0 fully saturated rings. The number of guanidine groups is 1. The summed E-state index contributed by atoms with van der Waals surface area (Å²) in [4.78, 5) is 21.1. The first-order valence-corrected chi connectivity index (χ1v) is 9.37. The van der Waals surface area contributed by atoms with E-state index >= 15 is 0 Å². The molecule has 0 radical (unpaired) electrons. The molecule has 8 heteroatoms. The van der Waals surface area contributed by atoms with Gasteiger partial charge in [-0.15, -0.1) is 11.3 Å². The third-order valence-corrected chi connectivity index (χ3v) is 4.85. The second-order valence-corrected chi connectivity index (χ2v) is 7.25. The highest BCUT2D eigenvalue weighted by Gasteiger charge is 2.14. The van der Waals surface area contributed by atoms with Crippen LogP contribution >= 0.6 is 11.3 Å². The summed E-state index contributed by atoms with van der Waals surface area (Å²) in [5, 5.41) is 10.4. The molecule has 1 aromatic heterocycles. The van der Waals surface area contributed by atoms with Crippen LogP contribution in [0.25, 0.3) is 0 Å². The molecule has 138 valence electrons. The fourth-order valence-corrected chi connectivity index (χ4v) is 3.38. The van der Waals surface area contributed by atoms with E-state index in [2.05, 4.69) is 25.9 Å². The van der Waals surface area contributed by atoms with Crippen LogP contribution in [-0.4, -0.2) is 37.1 Å². The maximum atomic E-state index is 11.4. The average Bonchev–Trinajstić information content (AvgIpc) is 3.06. The number of hydrogen-bond donors (Lipinski definition) is 3. The number of ether oxygens (including phenoxy) is 1. The van der Waals surface area contributed by atoms with Crippen molar-refractivity contribution in [3.63, 3.8) is 0 Å². The van der Waals surface area contributed by atoms with Gasteiger partial charge in [0.05, 0.1) is 13.1 Å². The average molecular weight is 373 g/mol. The Kier molecular flexibility index (Phi) is 6.06. The molecule has 0 atom stereocenters. The third-order valence-electron chi connectivity index (χ3n) is 3.94. The van der Waals surface area contributed by atoms with Crippen molar-refractivity contribution in [3.8, 4) is 5.75 Å². The standard InChI is InChI=1S/C18H23N5O2S/c1-12-10-21-17(26-12)11-22-18(19-2)20-7-8-25-14-4-5-15-13(9-14)3-6-16(24)23-15/h4-5,9-10H,3,6-8,11H2,1-2H3,(H,23,24)(H2,19,20,22). The highest BCUT2D eigenvalue weighted by atomic mass is 32.1. The number of aliphatic imine (C=N–C) groups is 1. The van der Waals surface area contributed by atoms with E-state index in [4.69, 9.17) is 4.74 Å². The van der Waals surface area contributed by atoms with Gasteiger partial charge in [0.15, 0.2) is 5.96 Å². The molecule has 26 heavy (non-hydrogen) atoms. The highest BCUT2D eigenvalue weighted by molar-refractivity contribution is 7.11. The Labute approximate surface area is 156 Å². The number of aromatic nitrogens is 1. The zero-order valence-electron chi connectivity index (χ0n) is 15.0. The van der Waals surface area contributed by atoms with Gasteiger partial charge in [-0.1, -0.05) is 0 Å². The molecule has 0 unspecified atom stereocenters. The zero-order valence-corrected chi connectivity index (χ0v) is 15.8. The van der Waals surface area contributed by atoms with Crippen molar-refractivity contribution in [3.05, 3.63) is 39.8 Å². The first-order chi connectivity index (χ1) is 12.6. The number of thiazole rings is 1. The molecule has 0 bridgehead atoms.